The molecule has 6 heteroatoms. The fourth-order valence-corrected chi connectivity index (χ4v) is 5.32. The number of carbonyl (C=O) groups excluding carboxylic acids is 2. The summed E-state index contributed by atoms with van der Waals surface area (Å²) in [5, 5.41) is 19.6. The Morgan fingerprint density at radius 3 is 2.55 bits per heavy atom. The molecule has 0 amide bonds. The van der Waals surface area contributed by atoms with Gasteiger partial charge in [0.05, 0.1) is 25.2 Å². The Hall–Kier alpha value is -1.37. The molecule has 0 saturated heterocycles. The van der Waals surface area contributed by atoms with Crippen LogP contribution in [0.15, 0.2) is 24.3 Å². The van der Waals surface area contributed by atoms with Crippen LogP contribution in [0.5, 0.6) is 0 Å². The lowest BCUT2D eigenvalue weighted by Crippen LogP contribution is -2.25. The lowest BCUT2D eigenvalue weighted by molar-refractivity contribution is -0.142. The Bertz CT molecular complexity index is 658. The SMILES string of the molecule is COC(=O)C(CCCCC[C@H]1C(=O)CC(O)[C@@H]1SCC(C)O)c1ccc(C)cc1. The van der Waals surface area contributed by atoms with Crippen LogP contribution in [0.2, 0.25) is 0 Å². The van der Waals surface area contributed by atoms with Crippen molar-refractivity contribution in [3.05, 3.63) is 35.4 Å². The predicted octanol–water partition coefficient (Wildman–Crippen LogP) is 3.63. The molecule has 2 rings (SSSR count). The molecule has 1 aromatic carbocycles. The van der Waals surface area contributed by atoms with E-state index in [2.05, 4.69) is 0 Å². The molecule has 0 bridgehead atoms. The van der Waals surface area contributed by atoms with Crippen molar-refractivity contribution in [2.45, 2.75) is 75.7 Å². The van der Waals surface area contributed by atoms with E-state index in [1.54, 1.807) is 6.92 Å². The molecular formula is C23H34O5S. The monoisotopic (exact) mass is 422 g/mol. The molecular weight excluding hydrogens is 388 g/mol. The smallest absolute Gasteiger partial charge is 0.313 e. The van der Waals surface area contributed by atoms with Crippen LogP contribution in [0, 0.1) is 12.8 Å². The molecule has 2 N–H and O–H groups in total. The molecule has 0 aliphatic heterocycles. The third kappa shape index (κ3) is 7.12. The second kappa shape index (κ2) is 11.7. The van der Waals surface area contributed by atoms with Crippen LogP contribution in [-0.2, 0) is 14.3 Å². The van der Waals surface area contributed by atoms with Gasteiger partial charge in [0.1, 0.15) is 5.78 Å². The summed E-state index contributed by atoms with van der Waals surface area (Å²) >= 11 is 1.50. The fourth-order valence-electron chi connectivity index (χ4n) is 3.98. The second-order valence-electron chi connectivity index (χ2n) is 8.12. The summed E-state index contributed by atoms with van der Waals surface area (Å²) < 4.78 is 4.99. The molecule has 0 aromatic heterocycles. The van der Waals surface area contributed by atoms with E-state index in [1.807, 2.05) is 31.2 Å². The highest BCUT2D eigenvalue weighted by molar-refractivity contribution is 8.00. The summed E-state index contributed by atoms with van der Waals surface area (Å²) in [6.07, 6.45) is 3.33. The zero-order chi connectivity index (χ0) is 21.4. The number of unbranched alkanes of at least 4 members (excludes halogenated alkanes) is 2. The summed E-state index contributed by atoms with van der Waals surface area (Å²) in [5.74, 6) is 0.0559. The Balaban J connectivity index is 1.82. The molecule has 3 unspecified atom stereocenters. The number of aliphatic hydroxyl groups excluding tert-OH is 2. The van der Waals surface area contributed by atoms with Gasteiger partial charge < -0.3 is 14.9 Å². The molecule has 1 aliphatic carbocycles. The van der Waals surface area contributed by atoms with Crippen molar-refractivity contribution >= 4 is 23.5 Å². The minimum atomic E-state index is -0.610. The number of thioether (sulfide) groups is 1. The molecule has 1 aliphatic rings. The fraction of sp³-hybridized carbons (Fsp3) is 0.652. The number of ketones is 1. The maximum absolute atomic E-state index is 12.3. The van der Waals surface area contributed by atoms with E-state index in [4.69, 9.17) is 4.74 Å². The molecule has 162 valence electrons. The molecule has 1 saturated carbocycles. The minimum absolute atomic E-state index is 0.118. The summed E-state index contributed by atoms with van der Waals surface area (Å²) in [7, 11) is 1.42. The molecule has 0 radical (unpaired) electrons. The first-order valence-electron chi connectivity index (χ1n) is 10.5. The molecule has 0 spiro atoms. The van der Waals surface area contributed by atoms with Crippen molar-refractivity contribution in [2.75, 3.05) is 12.9 Å². The number of carbonyl (C=O) groups is 2. The number of aliphatic hydroxyl groups is 2. The lowest BCUT2D eigenvalue weighted by atomic mass is 9.91. The highest BCUT2D eigenvalue weighted by Gasteiger charge is 2.41. The lowest BCUT2D eigenvalue weighted by Gasteiger charge is -2.21. The van der Waals surface area contributed by atoms with Gasteiger partial charge in [-0.2, -0.15) is 11.8 Å². The van der Waals surface area contributed by atoms with Crippen LogP contribution in [0.1, 0.15) is 62.5 Å². The van der Waals surface area contributed by atoms with E-state index < -0.39 is 12.2 Å². The van der Waals surface area contributed by atoms with Gasteiger partial charge >= 0.3 is 5.97 Å². The third-order valence-electron chi connectivity index (χ3n) is 5.60. The molecule has 1 fully saturated rings. The first-order valence-corrected chi connectivity index (χ1v) is 11.5. The molecule has 1 aromatic rings. The third-order valence-corrected chi connectivity index (χ3v) is 7.31. The molecule has 5 atom stereocenters. The molecule has 5 nitrogen and oxygen atoms in total. The van der Waals surface area contributed by atoms with Crippen LogP contribution in [0.3, 0.4) is 0 Å². The first kappa shape index (κ1) is 23.9. The van der Waals surface area contributed by atoms with Gasteiger partial charge in [-0.1, -0.05) is 49.1 Å². The number of methoxy groups -OCH3 is 1. The average Bonchev–Trinajstić information content (AvgIpc) is 2.95. The zero-order valence-corrected chi connectivity index (χ0v) is 18.5. The highest BCUT2D eigenvalue weighted by Crippen LogP contribution is 2.36. The first-order chi connectivity index (χ1) is 13.8. The number of hydrogen-bond acceptors (Lipinski definition) is 6. The van der Waals surface area contributed by atoms with Crippen molar-refractivity contribution in [2.24, 2.45) is 5.92 Å². The van der Waals surface area contributed by atoms with Gasteiger partial charge in [0.25, 0.3) is 0 Å². The van der Waals surface area contributed by atoms with Gasteiger partial charge in [-0.25, -0.2) is 0 Å². The van der Waals surface area contributed by atoms with E-state index in [9.17, 15) is 19.8 Å². The van der Waals surface area contributed by atoms with E-state index in [0.717, 1.165) is 43.2 Å². The Morgan fingerprint density at radius 1 is 1.24 bits per heavy atom. The van der Waals surface area contributed by atoms with Crippen molar-refractivity contribution in [1.82, 2.24) is 0 Å². The second-order valence-corrected chi connectivity index (χ2v) is 9.33. The predicted molar refractivity (Wildman–Crippen MR) is 116 cm³/mol. The quantitative estimate of drug-likeness (QED) is 0.418. The van der Waals surface area contributed by atoms with Crippen LogP contribution in [0.25, 0.3) is 0 Å². The maximum atomic E-state index is 12.3. The van der Waals surface area contributed by atoms with Crippen LogP contribution < -0.4 is 0 Å². The van der Waals surface area contributed by atoms with Gasteiger partial charge in [0.2, 0.25) is 0 Å². The number of esters is 1. The van der Waals surface area contributed by atoms with Crippen LogP contribution >= 0.6 is 11.8 Å². The Labute approximate surface area is 178 Å². The van der Waals surface area contributed by atoms with Gasteiger partial charge in [0, 0.05) is 23.3 Å². The molecule has 0 heterocycles. The van der Waals surface area contributed by atoms with E-state index in [1.165, 1.54) is 18.9 Å². The molecule has 29 heavy (non-hydrogen) atoms. The average molecular weight is 423 g/mol. The summed E-state index contributed by atoms with van der Waals surface area (Å²) in [6, 6.07) is 7.99. The number of aryl methyl sites for hydroxylation is 1. The maximum Gasteiger partial charge on any atom is 0.313 e. The topological polar surface area (TPSA) is 83.8 Å². The largest absolute Gasteiger partial charge is 0.469 e. The minimum Gasteiger partial charge on any atom is -0.469 e. The Kier molecular flexibility index (Phi) is 9.66. The summed E-state index contributed by atoms with van der Waals surface area (Å²) in [6.45, 7) is 3.74. The van der Waals surface area contributed by atoms with Crippen LogP contribution in [0.4, 0.5) is 0 Å². The van der Waals surface area contributed by atoms with Crippen molar-refractivity contribution < 1.29 is 24.5 Å². The van der Waals surface area contributed by atoms with E-state index in [-0.39, 0.29) is 35.3 Å². The van der Waals surface area contributed by atoms with Gasteiger partial charge in [-0.05, 0) is 32.3 Å². The summed E-state index contributed by atoms with van der Waals surface area (Å²) in [5.41, 5.74) is 2.13. The van der Waals surface area contributed by atoms with Crippen molar-refractivity contribution in [3.63, 3.8) is 0 Å². The number of benzene rings is 1. The van der Waals surface area contributed by atoms with E-state index in [0.29, 0.717) is 5.75 Å². The Morgan fingerprint density at radius 2 is 1.93 bits per heavy atom. The number of hydrogen-bond donors (Lipinski definition) is 2. The van der Waals surface area contributed by atoms with Gasteiger partial charge in [0.15, 0.2) is 0 Å². The summed E-state index contributed by atoms with van der Waals surface area (Å²) in [4.78, 5) is 24.5. The van der Waals surface area contributed by atoms with Gasteiger partial charge in [-0.3, -0.25) is 9.59 Å². The number of rotatable bonds is 11. The standard InChI is InChI=1S/C23H34O5S/c1-15-9-11-17(12-10-15)18(23(27)28-3)7-5-4-6-8-19-20(25)13-21(26)22(19)29-14-16(2)24/h9-12,16,18-19,21-22,24,26H,4-8,13-14H2,1-3H3/t16?,18?,19-,21?,22+/m0/s1. The highest BCUT2D eigenvalue weighted by atomic mass is 32.2. The number of ether oxygens (including phenoxy) is 1. The zero-order valence-electron chi connectivity index (χ0n) is 17.7. The number of Topliss-reactive ketones (excluding diaryl/α,β-unsaturated/α-hetero) is 1. The van der Waals surface area contributed by atoms with Crippen molar-refractivity contribution in [1.29, 1.82) is 0 Å². The normalized spacial score (nSPS) is 23.8. The van der Waals surface area contributed by atoms with Gasteiger partial charge in [-0.15, -0.1) is 0 Å². The van der Waals surface area contributed by atoms with Crippen molar-refractivity contribution in [3.8, 4) is 0 Å². The van der Waals surface area contributed by atoms with E-state index >= 15 is 0 Å². The van der Waals surface area contributed by atoms with Crippen LogP contribution in [-0.4, -0.2) is 52.3 Å².